The molecule has 138 valence electrons. The van der Waals surface area contributed by atoms with Gasteiger partial charge in [0.05, 0.1) is 5.39 Å². The van der Waals surface area contributed by atoms with E-state index in [-0.39, 0.29) is 22.0 Å². The Morgan fingerprint density at radius 3 is 2.70 bits per heavy atom. The van der Waals surface area contributed by atoms with Crippen molar-refractivity contribution in [1.82, 2.24) is 14.7 Å². The number of hydrogen-bond donors (Lipinski definition) is 1. The average Bonchev–Trinajstić information content (AvgIpc) is 3.12. The molecule has 4 rings (SSSR count). The maximum atomic E-state index is 13.2. The molecule has 0 bridgehead atoms. The van der Waals surface area contributed by atoms with E-state index in [1.807, 2.05) is 6.92 Å². The van der Waals surface area contributed by atoms with E-state index in [4.69, 9.17) is 0 Å². The van der Waals surface area contributed by atoms with Gasteiger partial charge < -0.3 is 10.0 Å². The summed E-state index contributed by atoms with van der Waals surface area (Å²) in [4.78, 5) is 39.8. The van der Waals surface area contributed by atoms with E-state index in [0.29, 0.717) is 36.8 Å². The van der Waals surface area contributed by atoms with Gasteiger partial charge in [-0.2, -0.15) is 5.10 Å². The normalized spacial score (nSPS) is 13.6. The molecule has 1 aliphatic rings. The van der Waals surface area contributed by atoms with Gasteiger partial charge in [-0.05, 0) is 31.0 Å². The number of rotatable bonds is 3. The highest BCUT2D eigenvalue weighted by Gasteiger charge is 2.27. The van der Waals surface area contributed by atoms with Crippen LogP contribution in [0.25, 0.3) is 10.8 Å². The highest BCUT2D eigenvalue weighted by molar-refractivity contribution is 7.14. The molecule has 0 radical (unpaired) electrons. The first-order chi connectivity index (χ1) is 13.0. The molecule has 1 aliphatic heterocycles. The highest BCUT2D eigenvalue weighted by Crippen LogP contribution is 2.29. The summed E-state index contributed by atoms with van der Waals surface area (Å²) in [6.07, 6.45) is 0.615. The Morgan fingerprint density at radius 2 is 2.00 bits per heavy atom. The Morgan fingerprint density at radius 1 is 1.26 bits per heavy atom. The number of benzene rings is 1. The summed E-state index contributed by atoms with van der Waals surface area (Å²) in [7, 11) is 0. The predicted octanol–water partition coefficient (Wildman–Crippen LogP) is 2.37. The number of aromatic nitrogens is 2. The minimum Gasteiger partial charge on any atom is -0.477 e. The number of carbonyl (C=O) groups is 2. The van der Waals surface area contributed by atoms with E-state index >= 15 is 0 Å². The lowest BCUT2D eigenvalue weighted by molar-refractivity contribution is 0.0701. The van der Waals surface area contributed by atoms with Gasteiger partial charge in [-0.1, -0.05) is 18.2 Å². The van der Waals surface area contributed by atoms with Crippen molar-refractivity contribution >= 4 is 34.0 Å². The van der Waals surface area contributed by atoms with Gasteiger partial charge in [-0.25, -0.2) is 9.48 Å². The van der Waals surface area contributed by atoms with Crippen LogP contribution in [0.1, 0.15) is 37.5 Å². The van der Waals surface area contributed by atoms with Gasteiger partial charge in [0.25, 0.3) is 11.5 Å². The fraction of sp³-hybridized carbons (Fsp3) is 0.263. The van der Waals surface area contributed by atoms with Crippen LogP contribution in [-0.2, 0) is 19.5 Å². The number of aryl methyl sites for hydroxylation is 1. The second kappa shape index (κ2) is 6.62. The number of aromatic carboxylic acids is 1. The summed E-state index contributed by atoms with van der Waals surface area (Å²) in [6, 6.07) is 8.63. The van der Waals surface area contributed by atoms with Crippen LogP contribution in [0.5, 0.6) is 0 Å². The van der Waals surface area contributed by atoms with E-state index in [1.165, 1.54) is 16.0 Å². The molecule has 0 spiro atoms. The smallest absolute Gasteiger partial charge is 0.345 e. The summed E-state index contributed by atoms with van der Waals surface area (Å²) in [5, 5.41) is 14.5. The van der Waals surface area contributed by atoms with Gasteiger partial charge in [-0.15, -0.1) is 11.3 Å². The summed E-state index contributed by atoms with van der Waals surface area (Å²) in [5.74, 6) is -1.20. The number of amides is 1. The van der Waals surface area contributed by atoms with E-state index in [2.05, 4.69) is 5.10 Å². The van der Waals surface area contributed by atoms with Crippen LogP contribution in [0.3, 0.4) is 0 Å². The van der Waals surface area contributed by atoms with E-state index in [0.717, 1.165) is 10.4 Å². The number of fused-ring (bicyclic) bond motifs is 2. The van der Waals surface area contributed by atoms with Gasteiger partial charge >= 0.3 is 5.97 Å². The van der Waals surface area contributed by atoms with Crippen molar-refractivity contribution in [2.75, 3.05) is 6.54 Å². The zero-order chi connectivity index (χ0) is 19.1. The summed E-state index contributed by atoms with van der Waals surface area (Å²) >= 11 is 1.27. The minimum absolute atomic E-state index is 0.213. The number of nitrogens with zero attached hydrogens (tertiary/aromatic N) is 3. The zero-order valence-electron chi connectivity index (χ0n) is 14.6. The van der Waals surface area contributed by atoms with Gasteiger partial charge in [0, 0.05) is 29.9 Å². The van der Waals surface area contributed by atoms with Crippen molar-refractivity contribution in [1.29, 1.82) is 0 Å². The monoisotopic (exact) mass is 383 g/mol. The number of carboxylic acids is 1. The maximum absolute atomic E-state index is 13.2. The van der Waals surface area contributed by atoms with Gasteiger partial charge in [0.15, 0.2) is 5.69 Å². The Hall–Kier alpha value is -3.00. The lowest BCUT2D eigenvalue weighted by Crippen LogP contribution is -2.37. The molecule has 3 aromatic rings. The molecular weight excluding hydrogens is 366 g/mol. The van der Waals surface area contributed by atoms with Crippen molar-refractivity contribution in [2.45, 2.75) is 26.4 Å². The minimum atomic E-state index is -0.949. The Bertz CT molecular complexity index is 1130. The lowest BCUT2D eigenvalue weighted by Gasteiger charge is -2.27. The molecule has 0 unspecified atom stereocenters. The maximum Gasteiger partial charge on any atom is 0.345 e. The second-order valence-corrected chi connectivity index (χ2v) is 7.49. The third-order valence-corrected chi connectivity index (χ3v) is 5.96. The fourth-order valence-electron chi connectivity index (χ4n) is 3.37. The molecule has 27 heavy (non-hydrogen) atoms. The molecule has 1 amide bonds. The third-order valence-electron chi connectivity index (χ3n) is 4.73. The van der Waals surface area contributed by atoms with Crippen LogP contribution >= 0.6 is 11.3 Å². The molecular formula is C19H17N3O4S. The quantitative estimate of drug-likeness (QED) is 0.750. The third kappa shape index (κ3) is 2.91. The molecule has 7 nitrogen and oxygen atoms in total. The largest absolute Gasteiger partial charge is 0.477 e. The summed E-state index contributed by atoms with van der Waals surface area (Å²) < 4.78 is 1.30. The number of carbonyl (C=O) groups excluding carboxylic acids is 1. The molecule has 2 aromatic heterocycles. The van der Waals surface area contributed by atoms with Gasteiger partial charge in [-0.3, -0.25) is 9.59 Å². The predicted molar refractivity (Wildman–Crippen MR) is 101 cm³/mol. The first kappa shape index (κ1) is 17.4. The summed E-state index contributed by atoms with van der Waals surface area (Å²) in [6.45, 7) is 3.02. The average molecular weight is 383 g/mol. The number of thiophene rings is 1. The summed E-state index contributed by atoms with van der Waals surface area (Å²) in [5.41, 5.74) is 0.906. The highest BCUT2D eigenvalue weighted by atomic mass is 32.1. The van der Waals surface area contributed by atoms with E-state index in [1.54, 1.807) is 35.2 Å². The first-order valence-corrected chi connectivity index (χ1v) is 9.45. The molecule has 1 aromatic carbocycles. The van der Waals surface area contributed by atoms with Gasteiger partial charge in [0.1, 0.15) is 4.88 Å². The van der Waals surface area contributed by atoms with Crippen LogP contribution in [-0.4, -0.2) is 38.2 Å². The Balaban J connectivity index is 1.74. The fourth-order valence-corrected chi connectivity index (χ4v) is 4.37. The molecule has 0 saturated heterocycles. The lowest BCUT2D eigenvalue weighted by atomic mass is 10.1. The molecule has 0 saturated carbocycles. The standard InChI is InChI=1S/C19H17N3O4S/c1-2-22-17(23)13-6-4-3-5-12(13)16(20-22)18(24)21-8-7-14-11(10-21)9-15(27-14)19(25)26/h3-6,9H,2,7-8,10H2,1H3,(H,25,26). The molecule has 3 heterocycles. The van der Waals surface area contributed by atoms with Crippen LogP contribution in [0.2, 0.25) is 0 Å². The van der Waals surface area contributed by atoms with Gasteiger partial charge in [0.2, 0.25) is 0 Å². The van der Waals surface area contributed by atoms with Crippen molar-refractivity contribution in [3.05, 3.63) is 61.7 Å². The SMILES string of the molecule is CCn1nc(C(=O)N2CCc3sc(C(=O)O)cc3C2)c2ccccc2c1=O. The Labute approximate surface area is 158 Å². The second-order valence-electron chi connectivity index (χ2n) is 6.36. The molecule has 0 fully saturated rings. The molecule has 8 heteroatoms. The van der Waals surface area contributed by atoms with Crippen LogP contribution in [0.4, 0.5) is 0 Å². The topological polar surface area (TPSA) is 92.5 Å². The van der Waals surface area contributed by atoms with Crippen LogP contribution < -0.4 is 5.56 Å². The van der Waals surface area contributed by atoms with Crippen molar-refractivity contribution < 1.29 is 14.7 Å². The Kier molecular flexibility index (Phi) is 4.27. The first-order valence-electron chi connectivity index (χ1n) is 8.63. The molecule has 1 N–H and O–H groups in total. The molecule has 0 aliphatic carbocycles. The zero-order valence-corrected chi connectivity index (χ0v) is 15.5. The van der Waals surface area contributed by atoms with Crippen LogP contribution in [0.15, 0.2) is 35.1 Å². The van der Waals surface area contributed by atoms with Crippen molar-refractivity contribution in [3.8, 4) is 0 Å². The van der Waals surface area contributed by atoms with Crippen molar-refractivity contribution in [2.24, 2.45) is 0 Å². The van der Waals surface area contributed by atoms with Crippen LogP contribution in [0, 0.1) is 0 Å². The number of hydrogen-bond acceptors (Lipinski definition) is 5. The van der Waals surface area contributed by atoms with E-state index < -0.39 is 5.97 Å². The number of carboxylic acid groups (broad SMARTS) is 1. The molecule has 0 atom stereocenters. The van der Waals surface area contributed by atoms with E-state index in [9.17, 15) is 19.5 Å². The van der Waals surface area contributed by atoms with Crippen molar-refractivity contribution in [3.63, 3.8) is 0 Å².